The van der Waals surface area contributed by atoms with E-state index in [0.29, 0.717) is 17.8 Å². The number of hydrogen-bond donors (Lipinski definition) is 1. The largest absolute Gasteiger partial charge is 0.478 e. The fourth-order valence-electron chi connectivity index (χ4n) is 4.66. The number of rotatable bonds is 6. The molecule has 7 nitrogen and oxygen atoms in total. The molecule has 2 fully saturated rings. The summed E-state index contributed by atoms with van der Waals surface area (Å²) in [5, 5.41) is 10.2. The number of hydrogen-bond acceptors (Lipinski definition) is 5. The minimum absolute atomic E-state index is 0.00897. The predicted octanol–water partition coefficient (Wildman–Crippen LogP) is 3.41. The zero-order valence-electron chi connectivity index (χ0n) is 18.3. The van der Waals surface area contributed by atoms with Crippen molar-refractivity contribution in [3.8, 4) is 10.4 Å². The van der Waals surface area contributed by atoms with Gasteiger partial charge in [-0.15, -0.1) is 11.3 Å². The Morgan fingerprint density at radius 1 is 1.06 bits per heavy atom. The lowest BCUT2D eigenvalue weighted by atomic mass is 9.84. The molecule has 0 radical (unpaired) electrons. The Balaban J connectivity index is 1.47. The van der Waals surface area contributed by atoms with Crippen molar-refractivity contribution < 1.29 is 19.5 Å². The number of thiophene rings is 1. The number of amides is 2. The lowest BCUT2D eigenvalue weighted by Crippen LogP contribution is -2.50. The second-order valence-electron chi connectivity index (χ2n) is 8.65. The van der Waals surface area contributed by atoms with Crippen LogP contribution in [0.25, 0.3) is 10.4 Å². The minimum Gasteiger partial charge on any atom is -0.478 e. The van der Waals surface area contributed by atoms with Crippen LogP contribution in [0, 0.1) is 5.92 Å². The van der Waals surface area contributed by atoms with Gasteiger partial charge < -0.3 is 19.8 Å². The number of carbonyl (C=O) groups is 3. The highest BCUT2D eigenvalue weighted by Crippen LogP contribution is 2.40. The van der Waals surface area contributed by atoms with Gasteiger partial charge in [-0.3, -0.25) is 9.59 Å². The summed E-state index contributed by atoms with van der Waals surface area (Å²) in [5.41, 5.74) is 1.08. The summed E-state index contributed by atoms with van der Waals surface area (Å²) in [4.78, 5) is 43.5. The SMILES string of the molecule is CN1CCN(C(=O)C2CCC(N(C=O)c3sc(-c4ccccc4)cc3C(=O)O)CC2)CC1. The first-order valence-electron chi connectivity index (χ1n) is 11.1. The molecule has 1 saturated heterocycles. The van der Waals surface area contributed by atoms with Crippen molar-refractivity contribution in [2.75, 3.05) is 38.1 Å². The van der Waals surface area contributed by atoms with Gasteiger partial charge in [0.2, 0.25) is 12.3 Å². The van der Waals surface area contributed by atoms with E-state index < -0.39 is 5.97 Å². The predicted molar refractivity (Wildman–Crippen MR) is 125 cm³/mol. The van der Waals surface area contributed by atoms with Gasteiger partial charge in [-0.05, 0) is 44.4 Å². The van der Waals surface area contributed by atoms with E-state index in [1.807, 2.05) is 35.2 Å². The Hall–Kier alpha value is -2.71. The van der Waals surface area contributed by atoms with Crippen molar-refractivity contribution >= 4 is 34.6 Å². The molecule has 4 rings (SSSR count). The lowest BCUT2D eigenvalue weighted by Gasteiger charge is -2.38. The molecule has 2 heterocycles. The number of piperazine rings is 1. The highest BCUT2D eigenvalue weighted by molar-refractivity contribution is 7.20. The van der Waals surface area contributed by atoms with Crippen LogP contribution >= 0.6 is 11.3 Å². The first-order chi connectivity index (χ1) is 15.5. The van der Waals surface area contributed by atoms with Crippen molar-refractivity contribution in [1.29, 1.82) is 0 Å². The molecule has 2 amide bonds. The first-order valence-corrected chi connectivity index (χ1v) is 11.9. The standard InChI is InChI=1S/C24H29N3O4S/c1-25-11-13-26(14-12-25)22(29)18-7-9-19(10-8-18)27(16-28)23-20(24(30)31)15-21(32-23)17-5-3-2-4-6-17/h2-6,15-16,18-19H,7-14H2,1H3,(H,30,31). The maximum atomic E-state index is 12.9. The van der Waals surface area contributed by atoms with Gasteiger partial charge in [-0.25, -0.2) is 4.79 Å². The van der Waals surface area contributed by atoms with Crippen molar-refractivity contribution in [1.82, 2.24) is 9.80 Å². The van der Waals surface area contributed by atoms with Crippen LogP contribution in [0.2, 0.25) is 0 Å². The Morgan fingerprint density at radius 2 is 1.72 bits per heavy atom. The van der Waals surface area contributed by atoms with Gasteiger partial charge in [0.1, 0.15) is 5.00 Å². The van der Waals surface area contributed by atoms with Crippen LogP contribution in [0.5, 0.6) is 0 Å². The highest BCUT2D eigenvalue weighted by atomic mass is 32.1. The van der Waals surface area contributed by atoms with E-state index >= 15 is 0 Å². The number of aromatic carboxylic acids is 1. The fourth-order valence-corrected chi connectivity index (χ4v) is 5.85. The van der Waals surface area contributed by atoms with E-state index in [4.69, 9.17) is 0 Å². The Kier molecular flexibility index (Phi) is 6.91. The van der Waals surface area contributed by atoms with E-state index in [2.05, 4.69) is 11.9 Å². The Bertz CT molecular complexity index is 961. The molecule has 1 saturated carbocycles. The molecule has 0 unspecified atom stereocenters. The molecule has 2 aromatic rings. The van der Waals surface area contributed by atoms with Crippen molar-refractivity contribution in [2.24, 2.45) is 5.92 Å². The third-order valence-electron chi connectivity index (χ3n) is 6.60. The van der Waals surface area contributed by atoms with E-state index in [0.717, 1.165) is 55.9 Å². The summed E-state index contributed by atoms with van der Waals surface area (Å²) in [7, 11) is 2.07. The average Bonchev–Trinajstić information content (AvgIpc) is 3.26. The summed E-state index contributed by atoms with van der Waals surface area (Å²) >= 11 is 1.33. The molecule has 1 aliphatic carbocycles. The molecule has 2 aliphatic rings. The molecule has 32 heavy (non-hydrogen) atoms. The maximum absolute atomic E-state index is 12.9. The van der Waals surface area contributed by atoms with Gasteiger partial charge in [-0.2, -0.15) is 0 Å². The summed E-state index contributed by atoms with van der Waals surface area (Å²) in [6.45, 7) is 3.35. The van der Waals surface area contributed by atoms with Crippen LogP contribution in [-0.2, 0) is 9.59 Å². The summed E-state index contributed by atoms with van der Waals surface area (Å²) < 4.78 is 0. The Labute approximate surface area is 192 Å². The van der Waals surface area contributed by atoms with Crippen LogP contribution in [0.1, 0.15) is 36.0 Å². The van der Waals surface area contributed by atoms with Gasteiger partial charge in [0.05, 0.1) is 5.56 Å². The second-order valence-corrected chi connectivity index (χ2v) is 9.68. The normalized spacial score (nSPS) is 21.8. The van der Waals surface area contributed by atoms with Gasteiger partial charge in [-0.1, -0.05) is 30.3 Å². The molecule has 0 bridgehead atoms. The van der Waals surface area contributed by atoms with Crippen molar-refractivity contribution in [3.63, 3.8) is 0 Å². The average molecular weight is 456 g/mol. The molecule has 8 heteroatoms. The highest BCUT2D eigenvalue weighted by Gasteiger charge is 2.34. The Morgan fingerprint density at radius 3 is 2.31 bits per heavy atom. The number of carboxylic acid groups (broad SMARTS) is 1. The number of carboxylic acids is 1. The van der Waals surface area contributed by atoms with E-state index in [9.17, 15) is 19.5 Å². The topological polar surface area (TPSA) is 81.2 Å². The number of benzene rings is 1. The fraction of sp³-hybridized carbons (Fsp3) is 0.458. The number of anilines is 1. The van der Waals surface area contributed by atoms with Crippen LogP contribution in [0.4, 0.5) is 5.00 Å². The molecule has 1 N–H and O–H groups in total. The maximum Gasteiger partial charge on any atom is 0.338 e. The quantitative estimate of drug-likeness (QED) is 0.675. The monoisotopic (exact) mass is 455 g/mol. The van der Waals surface area contributed by atoms with E-state index in [1.54, 1.807) is 11.0 Å². The van der Waals surface area contributed by atoms with Gasteiger partial charge in [0.15, 0.2) is 0 Å². The van der Waals surface area contributed by atoms with Crippen LogP contribution < -0.4 is 4.90 Å². The zero-order chi connectivity index (χ0) is 22.7. The van der Waals surface area contributed by atoms with Gasteiger partial charge in [0, 0.05) is 43.0 Å². The molecule has 170 valence electrons. The third kappa shape index (κ3) is 4.71. The second kappa shape index (κ2) is 9.83. The molecule has 1 aromatic heterocycles. The van der Waals surface area contributed by atoms with Gasteiger partial charge >= 0.3 is 5.97 Å². The molecular weight excluding hydrogens is 426 g/mol. The minimum atomic E-state index is -1.04. The molecule has 1 aliphatic heterocycles. The summed E-state index contributed by atoms with van der Waals surface area (Å²) in [6.07, 6.45) is 3.58. The number of likely N-dealkylation sites (N-methyl/N-ethyl adjacent to an activating group) is 1. The smallest absolute Gasteiger partial charge is 0.338 e. The van der Waals surface area contributed by atoms with Gasteiger partial charge in [0.25, 0.3) is 0 Å². The molecule has 1 aromatic carbocycles. The first kappa shape index (κ1) is 22.5. The molecule has 0 atom stereocenters. The van der Waals surface area contributed by atoms with Crippen molar-refractivity contribution in [3.05, 3.63) is 42.0 Å². The van der Waals surface area contributed by atoms with Crippen LogP contribution in [0.3, 0.4) is 0 Å². The van der Waals surface area contributed by atoms with E-state index in [1.165, 1.54) is 11.3 Å². The number of nitrogens with zero attached hydrogens (tertiary/aromatic N) is 3. The lowest BCUT2D eigenvalue weighted by molar-refractivity contribution is -0.138. The summed E-state index contributed by atoms with van der Waals surface area (Å²) in [6, 6.07) is 11.1. The molecule has 0 spiro atoms. The number of carbonyl (C=O) groups excluding carboxylic acids is 2. The zero-order valence-corrected chi connectivity index (χ0v) is 19.1. The van der Waals surface area contributed by atoms with Crippen LogP contribution in [0.15, 0.2) is 36.4 Å². The third-order valence-corrected chi connectivity index (χ3v) is 7.80. The summed E-state index contributed by atoms with van der Waals surface area (Å²) in [5.74, 6) is -0.822. The molecular formula is C24H29N3O4S. The van der Waals surface area contributed by atoms with Crippen molar-refractivity contribution in [2.45, 2.75) is 31.7 Å². The van der Waals surface area contributed by atoms with E-state index in [-0.39, 0.29) is 23.4 Å². The van der Waals surface area contributed by atoms with Crippen LogP contribution in [-0.4, -0.2) is 72.5 Å².